The van der Waals surface area contributed by atoms with E-state index >= 15 is 0 Å². The maximum atomic E-state index is 12.5. The number of alkyl halides is 3. The highest BCUT2D eigenvalue weighted by Gasteiger charge is 2.40. The van der Waals surface area contributed by atoms with Crippen LogP contribution < -0.4 is 5.32 Å². The number of nitrogens with one attached hydrogen (secondary N) is 1. The first kappa shape index (κ1) is 19.3. The summed E-state index contributed by atoms with van der Waals surface area (Å²) in [6.07, 6.45) is -4.25. The summed E-state index contributed by atoms with van der Waals surface area (Å²) < 4.78 is 36.8. The third-order valence-electron chi connectivity index (χ3n) is 4.37. The maximum absolute atomic E-state index is 12.5. The van der Waals surface area contributed by atoms with E-state index in [0.717, 1.165) is 5.56 Å². The van der Waals surface area contributed by atoms with Gasteiger partial charge in [0.25, 0.3) is 5.91 Å². The van der Waals surface area contributed by atoms with Crippen LogP contribution in [0.2, 0.25) is 0 Å². The zero-order chi connectivity index (χ0) is 18.8. The first-order valence-electron chi connectivity index (χ1n) is 8.26. The van der Waals surface area contributed by atoms with E-state index in [1.165, 1.54) is 0 Å². The lowest BCUT2D eigenvalue weighted by Gasteiger charge is -2.32. The van der Waals surface area contributed by atoms with Crippen LogP contribution in [0.5, 0.6) is 0 Å². The Kier molecular flexibility index (Phi) is 5.44. The van der Waals surface area contributed by atoms with Crippen LogP contribution in [0, 0.1) is 0 Å². The van der Waals surface area contributed by atoms with E-state index in [1.807, 2.05) is 17.4 Å². The number of hydrogen-bond acceptors (Lipinski definition) is 2. The second-order valence-electron chi connectivity index (χ2n) is 7.37. The van der Waals surface area contributed by atoms with Crippen molar-refractivity contribution in [3.8, 4) is 0 Å². The van der Waals surface area contributed by atoms with Crippen molar-refractivity contribution in [3.63, 3.8) is 0 Å². The molecular weight excluding hydrogens is 333 g/mol. The molecule has 1 heterocycles. The van der Waals surface area contributed by atoms with Crippen molar-refractivity contribution in [2.45, 2.75) is 51.2 Å². The van der Waals surface area contributed by atoms with E-state index in [1.54, 1.807) is 17.0 Å². The molecule has 0 spiro atoms. The second kappa shape index (κ2) is 7.06. The first-order valence-corrected chi connectivity index (χ1v) is 8.26. The minimum absolute atomic E-state index is 0.00336. The van der Waals surface area contributed by atoms with Crippen LogP contribution in [0.1, 0.15) is 49.5 Å². The van der Waals surface area contributed by atoms with Gasteiger partial charge in [-0.05, 0) is 36.0 Å². The van der Waals surface area contributed by atoms with Crippen molar-refractivity contribution in [1.82, 2.24) is 10.2 Å². The summed E-state index contributed by atoms with van der Waals surface area (Å²) in [5, 5.41) is 1.98. The van der Waals surface area contributed by atoms with Crippen molar-refractivity contribution >= 4 is 11.8 Å². The highest BCUT2D eigenvalue weighted by Crippen LogP contribution is 2.23. The van der Waals surface area contributed by atoms with Crippen LogP contribution in [0.3, 0.4) is 0 Å². The highest BCUT2D eigenvalue weighted by molar-refractivity contribution is 5.94. The molecule has 4 nitrogen and oxygen atoms in total. The van der Waals surface area contributed by atoms with Crippen LogP contribution >= 0.6 is 0 Å². The Balaban J connectivity index is 1.92. The molecule has 0 aliphatic carbocycles. The van der Waals surface area contributed by atoms with Gasteiger partial charge in [0.05, 0.1) is 0 Å². The van der Waals surface area contributed by atoms with Gasteiger partial charge in [-0.25, -0.2) is 0 Å². The molecule has 0 bridgehead atoms. The van der Waals surface area contributed by atoms with E-state index in [2.05, 4.69) is 20.8 Å². The summed E-state index contributed by atoms with van der Waals surface area (Å²) in [7, 11) is 0. The van der Waals surface area contributed by atoms with Gasteiger partial charge >= 0.3 is 12.1 Å². The third-order valence-corrected chi connectivity index (χ3v) is 4.37. The number of nitrogens with zero attached hydrogens (tertiary/aromatic N) is 1. The average molecular weight is 356 g/mol. The van der Waals surface area contributed by atoms with E-state index in [9.17, 15) is 22.8 Å². The molecule has 1 aliphatic rings. The molecule has 25 heavy (non-hydrogen) atoms. The second-order valence-corrected chi connectivity index (χ2v) is 7.37. The molecule has 0 radical (unpaired) electrons. The number of hydrogen-bond donors (Lipinski definition) is 1. The Labute approximate surface area is 145 Å². The number of benzene rings is 1. The minimum Gasteiger partial charge on any atom is -0.345 e. The summed E-state index contributed by atoms with van der Waals surface area (Å²) in [4.78, 5) is 25.1. The van der Waals surface area contributed by atoms with Crippen molar-refractivity contribution < 1.29 is 22.8 Å². The van der Waals surface area contributed by atoms with Crippen molar-refractivity contribution in [2.24, 2.45) is 0 Å². The van der Waals surface area contributed by atoms with Gasteiger partial charge in [-0.2, -0.15) is 13.2 Å². The van der Waals surface area contributed by atoms with Crippen LogP contribution in [0.25, 0.3) is 0 Å². The predicted molar refractivity (Wildman–Crippen MR) is 88.3 cm³/mol. The lowest BCUT2D eigenvalue weighted by Crippen LogP contribution is -2.49. The molecule has 0 saturated carbocycles. The minimum atomic E-state index is -4.87. The zero-order valence-electron chi connectivity index (χ0n) is 14.6. The molecule has 0 unspecified atom stereocenters. The SMILES string of the molecule is CC(C)(C)c1ccc(C(=O)N2CCC(NC(=O)C(F)(F)F)CC2)cc1. The fraction of sp³-hybridized carbons (Fsp3) is 0.556. The topological polar surface area (TPSA) is 49.4 Å². The summed E-state index contributed by atoms with van der Waals surface area (Å²) in [5.74, 6) is -2.06. The van der Waals surface area contributed by atoms with Crippen molar-refractivity contribution in [3.05, 3.63) is 35.4 Å². The van der Waals surface area contributed by atoms with Gasteiger partial charge < -0.3 is 10.2 Å². The molecule has 138 valence electrons. The van der Waals surface area contributed by atoms with Gasteiger partial charge in [-0.1, -0.05) is 32.9 Å². The van der Waals surface area contributed by atoms with Gasteiger partial charge in [-0.3, -0.25) is 9.59 Å². The van der Waals surface area contributed by atoms with Crippen LogP contribution in [-0.4, -0.2) is 42.0 Å². The van der Waals surface area contributed by atoms with E-state index in [0.29, 0.717) is 31.5 Å². The van der Waals surface area contributed by atoms with Crippen molar-refractivity contribution in [2.75, 3.05) is 13.1 Å². The molecule has 0 aromatic heterocycles. The number of likely N-dealkylation sites (tertiary alicyclic amines) is 1. The van der Waals surface area contributed by atoms with Gasteiger partial charge in [-0.15, -0.1) is 0 Å². The molecular formula is C18H23F3N2O2. The molecule has 1 aromatic rings. The van der Waals surface area contributed by atoms with E-state index in [4.69, 9.17) is 0 Å². The number of rotatable bonds is 2. The number of amides is 2. The van der Waals surface area contributed by atoms with Gasteiger partial charge in [0.1, 0.15) is 0 Å². The standard InChI is InChI=1S/C18H23F3N2O2/c1-17(2,3)13-6-4-12(5-7-13)15(24)23-10-8-14(9-11-23)22-16(25)18(19,20)21/h4-7,14H,8-11H2,1-3H3,(H,22,25). The molecule has 1 N–H and O–H groups in total. The fourth-order valence-electron chi connectivity index (χ4n) is 2.79. The summed E-state index contributed by atoms with van der Waals surface area (Å²) in [5.41, 5.74) is 1.68. The Morgan fingerprint density at radius 2 is 1.56 bits per heavy atom. The third kappa shape index (κ3) is 4.96. The molecule has 2 rings (SSSR count). The summed E-state index contributed by atoms with van der Waals surface area (Å²) in [6.45, 7) is 6.91. The van der Waals surface area contributed by atoms with E-state index in [-0.39, 0.29) is 11.3 Å². The number of carbonyl (C=O) groups is 2. The molecule has 2 amide bonds. The smallest absolute Gasteiger partial charge is 0.345 e. The van der Waals surface area contributed by atoms with E-state index < -0.39 is 18.1 Å². The van der Waals surface area contributed by atoms with Gasteiger partial charge in [0.2, 0.25) is 0 Å². The van der Waals surface area contributed by atoms with Gasteiger partial charge in [0, 0.05) is 24.7 Å². The lowest BCUT2D eigenvalue weighted by atomic mass is 9.86. The zero-order valence-corrected chi connectivity index (χ0v) is 14.6. The molecule has 0 atom stereocenters. The lowest BCUT2D eigenvalue weighted by molar-refractivity contribution is -0.174. The Bertz CT molecular complexity index is 625. The van der Waals surface area contributed by atoms with Crippen LogP contribution in [0.4, 0.5) is 13.2 Å². The Morgan fingerprint density at radius 1 is 1.04 bits per heavy atom. The van der Waals surface area contributed by atoms with Crippen LogP contribution in [-0.2, 0) is 10.2 Å². The number of halogens is 3. The summed E-state index contributed by atoms with van der Waals surface area (Å²) >= 11 is 0. The average Bonchev–Trinajstić information content (AvgIpc) is 2.53. The normalized spacial score (nSPS) is 16.6. The number of carbonyl (C=O) groups excluding carboxylic acids is 2. The van der Waals surface area contributed by atoms with Gasteiger partial charge in [0.15, 0.2) is 0 Å². The molecule has 7 heteroatoms. The largest absolute Gasteiger partial charge is 0.471 e. The molecule has 1 saturated heterocycles. The highest BCUT2D eigenvalue weighted by atomic mass is 19.4. The Hall–Kier alpha value is -2.05. The monoisotopic (exact) mass is 356 g/mol. The van der Waals surface area contributed by atoms with Crippen molar-refractivity contribution in [1.29, 1.82) is 0 Å². The molecule has 1 aliphatic heterocycles. The quantitative estimate of drug-likeness (QED) is 0.884. The first-order chi connectivity index (χ1) is 11.5. The fourth-order valence-corrected chi connectivity index (χ4v) is 2.79. The molecule has 1 aromatic carbocycles. The Morgan fingerprint density at radius 3 is 2.00 bits per heavy atom. The molecule has 1 fully saturated rings. The number of piperidine rings is 1. The predicted octanol–water partition coefficient (Wildman–Crippen LogP) is 3.27. The maximum Gasteiger partial charge on any atom is 0.471 e. The summed E-state index contributed by atoms with van der Waals surface area (Å²) in [6, 6.07) is 6.84. The van der Waals surface area contributed by atoms with Crippen LogP contribution in [0.15, 0.2) is 24.3 Å².